The largest absolute Gasteiger partial charge is 0.383 e. The zero-order valence-electron chi connectivity index (χ0n) is 14.2. The summed E-state index contributed by atoms with van der Waals surface area (Å²) in [5.74, 6) is -0.400. The maximum atomic E-state index is 12.6. The van der Waals surface area contributed by atoms with E-state index in [2.05, 4.69) is 10.6 Å². The highest BCUT2D eigenvalue weighted by Crippen LogP contribution is 2.14. The molecular weight excluding hydrogens is 340 g/mol. The van der Waals surface area contributed by atoms with Crippen molar-refractivity contribution in [3.63, 3.8) is 0 Å². The van der Waals surface area contributed by atoms with Crippen molar-refractivity contribution < 1.29 is 14.3 Å². The summed E-state index contributed by atoms with van der Waals surface area (Å²) in [6.07, 6.45) is 0. The quantitative estimate of drug-likeness (QED) is 0.530. The second kappa shape index (κ2) is 11.4. The van der Waals surface area contributed by atoms with E-state index in [0.717, 1.165) is 6.54 Å². The molecule has 0 atom stereocenters. The van der Waals surface area contributed by atoms with Gasteiger partial charge in [0.05, 0.1) is 12.2 Å². The molecule has 2 aromatic rings. The summed E-state index contributed by atoms with van der Waals surface area (Å²) in [7, 11) is 1.64. The molecule has 1 amide bonds. The fourth-order valence-electron chi connectivity index (χ4n) is 2.28. The number of carbonyl (C=O) groups excluding carboxylic acids is 2. The zero-order valence-corrected chi connectivity index (χ0v) is 15.0. The molecule has 0 aromatic heterocycles. The van der Waals surface area contributed by atoms with Crippen molar-refractivity contribution in [3.8, 4) is 0 Å². The van der Waals surface area contributed by atoms with Crippen LogP contribution in [0, 0.1) is 0 Å². The van der Waals surface area contributed by atoms with Gasteiger partial charge in [-0.2, -0.15) is 0 Å². The number of halogens is 1. The monoisotopic (exact) mass is 362 g/mol. The predicted molar refractivity (Wildman–Crippen MR) is 101 cm³/mol. The first-order chi connectivity index (χ1) is 11.7. The van der Waals surface area contributed by atoms with E-state index in [4.69, 9.17) is 4.74 Å². The molecule has 0 aliphatic heterocycles. The van der Waals surface area contributed by atoms with Gasteiger partial charge >= 0.3 is 0 Å². The molecule has 2 aromatic carbocycles. The highest BCUT2D eigenvalue weighted by molar-refractivity contribution is 6.15. The lowest BCUT2D eigenvalue weighted by molar-refractivity contribution is 0.0942. The van der Waals surface area contributed by atoms with E-state index in [1.807, 2.05) is 18.2 Å². The van der Waals surface area contributed by atoms with Gasteiger partial charge in [0.15, 0.2) is 5.78 Å². The fourth-order valence-corrected chi connectivity index (χ4v) is 2.28. The Kier molecular flexibility index (Phi) is 9.47. The first kappa shape index (κ1) is 20.8. The number of ketones is 1. The van der Waals surface area contributed by atoms with E-state index < -0.39 is 0 Å². The smallest absolute Gasteiger partial charge is 0.252 e. The van der Waals surface area contributed by atoms with Crippen LogP contribution in [0.4, 0.5) is 0 Å². The Morgan fingerprint density at radius 3 is 2.20 bits per heavy atom. The van der Waals surface area contributed by atoms with Crippen molar-refractivity contribution in [2.24, 2.45) is 0 Å². The van der Waals surface area contributed by atoms with Crippen molar-refractivity contribution in [2.75, 3.05) is 33.4 Å². The lowest BCUT2D eigenvalue weighted by Crippen LogP contribution is -2.33. The van der Waals surface area contributed by atoms with Crippen molar-refractivity contribution in [3.05, 3.63) is 71.3 Å². The first-order valence-corrected chi connectivity index (χ1v) is 7.90. The maximum absolute atomic E-state index is 12.6. The third kappa shape index (κ3) is 6.31. The third-order valence-corrected chi connectivity index (χ3v) is 3.52. The van der Waals surface area contributed by atoms with Crippen molar-refractivity contribution in [1.82, 2.24) is 10.6 Å². The van der Waals surface area contributed by atoms with Crippen LogP contribution in [-0.4, -0.2) is 45.0 Å². The molecule has 0 aliphatic rings. The molecule has 6 heteroatoms. The number of rotatable bonds is 9. The van der Waals surface area contributed by atoms with E-state index in [1.165, 1.54) is 0 Å². The van der Waals surface area contributed by atoms with Crippen molar-refractivity contribution >= 4 is 24.1 Å². The lowest BCUT2D eigenvalue weighted by atomic mass is 9.98. The Bertz CT molecular complexity index is 677. The van der Waals surface area contributed by atoms with Crippen LogP contribution in [0.1, 0.15) is 26.3 Å². The van der Waals surface area contributed by atoms with Crippen molar-refractivity contribution in [2.45, 2.75) is 0 Å². The molecule has 0 saturated heterocycles. The number of benzene rings is 2. The Labute approximate surface area is 154 Å². The van der Waals surface area contributed by atoms with Crippen LogP contribution in [0.5, 0.6) is 0 Å². The second-order valence-corrected chi connectivity index (χ2v) is 5.24. The molecular formula is C19H23ClN2O3. The van der Waals surface area contributed by atoms with Crippen LogP contribution in [0.15, 0.2) is 54.6 Å². The molecule has 0 bridgehead atoms. The lowest BCUT2D eigenvalue weighted by Gasteiger charge is -2.10. The van der Waals surface area contributed by atoms with E-state index in [1.54, 1.807) is 43.5 Å². The Hall–Kier alpha value is -2.21. The standard InChI is InChI=1S/C19H22N2O3.ClH/c1-24-14-13-20-11-12-21-19(23)17-10-6-5-9-16(17)18(22)15-7-3-2-4-8-15;/h2-10,20H,11-14H2,1H3,(H,21,23);1H. The average Bonchev–Trinajstić information content (AvgIpc) is 2.64. The highest BCUT2D eigenvalue weighted by atomic mass is 35.5. The number of ether oxygens (including phenoxy) is 1. The molecule has 0 fully saturated rings. The van der Waals surface area contributed by atoms with Crippen LogP contribution in [0.3, 0.4) is 0 Å². The Balaban J connectivity index is 0.00000312. The van der Waals surface area contributed by atoms with E-state index >= 15 is 0 Å². The van der Waals surface area contributed by atoms with Crippen LogP contribution >= 0.6 is 12.4 Å². The number of hydrogen-bond acceptors (Lipinski definition) is 4. The SMILES string of the molecule is COCCNCCNC(=O)c1ccccc1C(=O)c1ccccc1.Cl. The summed E-state index contributed by atoms with van der Waals surface area (Å²) < 4.78 is 4.94. The van der Waals surface area contributed by atoms with Crippen LogP contribution in [0.2, 0.25) is 0 Å². The van der Waals surface area contributed by atoms with Gasteiger partial charge in [0.25, 0.3) is 5.91 Å². The normalized spacial score (nSPS) is 9.96. The van der Waals surface area contributed by atoms with E-state index in [9.17, 15) is 9.59 Å². The van der Waals surface area contributed by atoms with Gasteiger partial charge in [-0.15, -0.1) is 12.4 Å². The third-order valence-electron chi connectivity index (χ3n) is 3.52. The van der Waals surface area contributed by atoms with Gasteiger partial charge in [0, 0.05) is 37.9 Å². The van der Waals surface area contributed by atoms with Gasteiger partial charge in [-0.25, -0.2) is 0 Å². The summed E-state index contributed by atoms with van der Waals surface area (Å²) in [6, 6.07) is 15.8. The van der Waals surface area contributed by atoms with Gasteiger partial charge in [-0.1, -0.05) is 48.5 Å². The molecule has 2 N–H and O–H groups in total. The summed E-state index contributed by atoms with van der Waals surface area (Å²) in [6.45, 7) is 2.48. The minimum absolute atomic E-state index is 0. The summed E-state index contributed by atoms with van der Waals surface area (Å²) in [4.78, 5) is 25.0. The van der Waals surface area contributed by atoms with Crippen LogP contribution < -0.4 is 10.6 Å². The fraction of sp³-hybridized carbons (Fsp3) is 0.263. The summed E-state index contributed by atoms with van der Waals surface area (Å²) >= 11 is 0. The second-order valence-electron chi connectivity index (χ2n) is 5.24. The van der Waals surface area contributed by atoms with Gasteiger partial charge in [-0.05, 0) is 6.07 Å². The molecule has 134 valence electrons. The van der Waals surface area contributed by atoms with Gasteiger partial charge in [0.2, 0.25) is 0 Å². The minimum Gasteiger partial charge on any atom is -0.383 e. The topological polar surface area (TPSA) is 67.4 Å². The molecule has 0 saturated carbocycles. The maximum Gasteiger partial charge on any atom is 0.252 e. The molecule has 2 rings (SSSR count). The summed E-state index contributed by atoms with van der Waals surface area (Å²) in [5.41, 5.74) is 1.37. The molecule has 0 radical (unpaired) electrons. The zero-order chi connectivity index (χ0) is 17.2. The minimum atomic E-state index is -0.247. The van der Waals surface area contributed by atoms with Crippen LogP contribution in [-0.2, 0) is 4.74 Å². The van der Waals surface area contributed by atoms with Gasteiger partial charge < -0.3 is 15.4 Å². The van der Waals surface area contributed by atoms with Gasteiger partial charge in [-0.3, -0.25) is 9.59 Å². The molecule has 0 unspecified atom stereocenters. The number of carbonyl (C=O) groups is 2. The molecule has 5 nitrogen and oxygen atoms in total. The van der Waals surface area contributed by atoms with E-state index in [-0.39, 0.29) is 24.1 Å². The Morgan fingerprint density at radius 2 is 1.52 bits per heavy atom. The molecule has 0 spiro atoms. The number of nitrogens with one attached hydrogen (secondary N) is 2. The Morgan fingerprint density at radius 1 is 0.880 bits per heavy atom. The van der Waals surface area contributed by atoms with E-state index in [0.29, 0.717) is 36.4 Å². The number of hydrogen-bond donors (Lipinski definition) is 2. The average molecular weight is 363 g/mol. The number of amides is 1. The molecule has 0 aliphatic carbocycles. The van der Waals surface area contributed by atoms with Gasteiger partial charge in [0.1, 0.15) is 0 Å². The molecule has 25 heavy (non-hydrogen) atoms. The number of methoxy groups -OCH3 is 1. The summed E-state index contributed by atoms with van der Waals surface area (Å²) in [5, 5.41) is 5.98. The van der Waals surface area contributed by atoms with Crippen molar-refractivity contribution in [1.29, 1.82) is 0 Å². The predicted octanol–water partition coefficient (Wildman–Crippen LogP) is 2.31. The first-order valence-electron chi connectivity index (χ1n) is 7.90. The highest BCUT2D eigenvalue weighted by Gasteiger charge is 2.17. The molecule has 0 heterocycles. The van der Waals surface area contributed by atoms with Crippen LogP contribution in [0.25, 0.3) is 0 Å².